The van der Waals surface area contributed by atoms with Crippen LogP contribution in [0, 0.1) is 0 Å². The molecule has 40 heavy (non-hydrogen) atoms. The second-order valence-corrected chi connectivity index (χ2v) is 9.18. The van der Waals surface area contributed by atoms with E-state index >= 15 is 0 Å². The number of ether oxygens (including phenoxy) is 1. The zero-order valence-corrected chi connectivity index (χ0v) is 21.5. The number of H-pyrrole nitrogens is 1. The van der Waals surface area contributed by atoms with E-state index in [2.05, 4.69) is 39.0 Å². The Kier molecular flexibility index (Phi) is 7.37. The van der Waals surface area contributed by atoms with Gasteiger partial charge in [0.1, 0.15) is 5.65 Å². The summed E-state index contributed by atoms with van der Waals surface area (Å²) in [6.45, 7) is 3.36. The number of benzene rings is 2. The number of hydrogen-bond donors (Lipinski definition) is 2. The number of hydrogen-bond acceptors (Lipinski definition) is 4. The van der Waals surface area contributed by atoms with Crippen LogP contribution in [-0.2, 0) is 23.8 Å². The highest BCUT2D eigenvalue weighted by Crippen LogP contribution is 2.38. The van der Waals surface area contributed by atoms with E-state index in [-0.39, 0.29) is 11.3 Å². The average Bonchev–Trinajstić information content (AvgIpc) is 3.39. The number of methoxy groups -OCH3 is 1. The van der Waals surface area contributed by atoms with Gasteiger partial charge < -0.3 is 15.0 Å². The molecule has 0 aliphatic heterocycles. The number of aromatic amines is 1. The van der Waals surface area contributed by atoms with Crippen LogP contribution in [0.3, 0.4) is 0 Å². The number of amides is 1. The number of halogens is 3. The number of aromatic nitrogens is 3. The highest BCUT2D eigenvalue weighted by atomic mass is 19.4. The van der Waals surface area contributed by atoms with Crippen molar-refractivity contribution in [3.05, 3.63) is 109 Å². The van der Waals surface area contributed by atoms with Crippen molar-refractivity contribution in [2.75, 3.05) is 12.4 Å². The Labute approximate surface area is 228 Å². The number of anilines is 1. The summed E-state index contributed by atoms with van der Waals surface area (Å²) in [7, 11) is 1.54. The highest BCUT2D eigenvalue weighted by molar-refractivity contribution is 6.00. The lowest BCUT2D eigenvalue weighted by Crippen LogP contribution is -2.10. The molecule has 5 aromatic rings. The number of pyridine rings is 2. The van der Waals surface area contributed by atoms with E-state index < -0.39 is 17.6 Å². The van der Waals surface area contributed by atoms with Gasteiger partial charge in [0.25, 0.3) is 0 Å². The average molecular weight is 543 g/mol. The van der Waals surface area contributed by atoms with Gasteiger partial charge in [0.2, 0.25) is 11.8 Å². The van der Waals surface area contributed by atoms with Crippen LogP contribution in [0.25, 0.3) is 33.3 Å². The van der Waals surface area contributed by atoms with Crippen molar-refractivity contribution in [2.24, 2.45) is 0 Å². The minimum Gasteiger partial charge on any atom is -0.481 e. The van der Waals surface area contributed by atoms with Gasteiger partial charge in [-0.15, -0.1) is 0 Å². The van der Waals surface area contributed by atoms with E-state index in [1.807, 2.05) is 30.5 Å². The quantitative estimate of drug-likeness (QED) is 0.203. The van der Waals surface area contributed by atoms with Gasteiger partial charge >= 0.3 is 6.18 Å². The molecule has 0 fully saturated rings. The number of nitrogens with one attached hydrogen (secondary N) is 2. The van der Waals surface area contributed by atoms with Gasteiger partial charge in [0, 0.05) is 46.9 Å². The maximum atomic E-state index is 13.7. The first-order valence-corrected chi connectivity index (χ1v) is 12.5. The summed E-state index contributed by atoms with van der Waals surface area (Å²) in [6, 6.07) is 17.2. The van der Waals surface area contributed by atoms with Crippen LogP contribution in [-0.4, -0.2) is 28.0 Å². The Morgan fingerprint density at radius 2 is 1.80 bits per heavy atom. The first kappa shape index (κ1) is 26.7. The molecular formula is C31H25F3N4O2. The van der Waals surface area contributed by atoms with Crippen molar-refractivity contribution in [2.45, 2.75) is 19.0 Å². The van der Waals surface area contributed by atoms with Crippen LogP contribution < -0.4 is 10.1 Å². The van der Waals surface area contributed by atoms with E-state index in [0.29, 0.717) is 17.1 Å². The van der Waals surface area contributed by atoms with Crippen LogP contribution in [0.4, 0.5) is 18.9 Å². The molecular weight excluding hydrogens is 517 g/mol. The predicted molar refractivity (Wildman–Crippen MR) is 149 cm³/mol. The van der Waals surface area contributed by atoms with Crippen molar-refractivity contribution in [3.8, 4) is 28.1 Å². The van der Waals surface area contributed by atoms with Crippen molar-refractivity contribution < 1.29 is 22.7 Å². The molecule has 0 aliphatic carbocycles. The zero-order chi connectivity index (χ0) is 28.3. The van der Waals surface area contributed by atoms with E-state index in [4.69, 9.17) is 4.74 Å². The second-order valence-electron chi connectivity index (χ2n) is 9.18. The molecule has 9 heteroatoms. The number of fused-ring (bicyclic) bond motifs is 1. The summed E-state index contributed by atoms with van der Waals surface area (Å²) in [5.74, 6) is -0.168. The third kappa shape index (κ3) is 5.73. The monoisotopic (exact) mass is 542 g/mol. The summed E-state index contributed by atoms with van der Waals surface area (Å²) in [4.78, 5) is 23.9. The van der Waals surface area contributed by atoms with Gasteiger partial charge in [0.05, 0.1) is 12.7 Å². The fourth-order valence-corrected chi connectivity index (χ4v) is 4.56. The molecule has 5 rings (SSSR count). The van der Waals surface area contributed by atoms with Crippen LogP contribution in [0.5, 0.6) is 5.88 Å². The minimum atomic E-state index is -4.61. The first-order valence-electron chi connectivity index (χ1n) is 12.5. The number of rotatable bonds is 8. The number of carbonyl (C=O) groups excluding carboxylic acids is 1. The fraction of sp³-hybridized carbons (Fsp3) is 0.129. The topological polar surface area (TPSA) is 79.9 Å². The molecule has 1 amide bonds. The maximum absolute atomic E-state index is 13.7. The largest absolute Gasteiger partial charge is 0.481 e. The molecule has 0 saturated heterocycles. The molecule has 2 N–H and O–H groups in total. The summed E-state index contributed by atoms with van der Waals surface area (Å²) < 4.78 is 46.5. The Bertz CT molecular complexity index is 1690. The molecule has 0 spiro atoms. The van der Waals surface area contributed by atoms with Gasteiger partial charge in [-0.25, -0.2) is 9.97 Å². The normalized spacial score (nSPS) is 11.4. The van der Waals surface area contributed by atoms with E-state index in [0.717, 1.165) is 53.1 Å². The molecule has 0 aliphatic rings. The summed E-state index contributed by atoms with van der Waals surface area (Å²) >= 11 is 0. The lowest BCUT2D eigenvalue weighted by Gasteiger charge is -2.13. The molecule has 3 aromatic heterocycles. The molecule has 0 radical (unpaired) electrons. The smallest absolute Gasteiger partial charge is 0.416 e. The van der Waals surface area contributed by atoms with Crippen LogP contribution >= 0.6 is 0 Å². The third-order valence-electron chi connectivity index (χ3n) is 6.56. The van der Waals surface area contributed by atoms with E-state index in [1.54, 1.807) is 19.4 Å². The standard InChI is InChI=1S/C31H25F3N4O2/c1-3-28(39)38-24-12-21(11-23(14-24)31(32,33)34)22-13-26-27(18-37-30(26)36-17-22)25-15-29(40-2)35-16-20(25)10-9-19-7-5-4-6-8-19/h3-8,11-18H,1,9-10H2,2H3,(H,36,37)(H,38,39). The van der Waals surface area contributed by atoms with Crippen molar-refractivity contribution in [1.29, 1.82) is 0 Å². The van der Waals surface area contributed by atoms with Crippen molar-refractivity contribution in [3.63, 3.8) is 0 Å². The lowest BCUT2D eigenvalue weighted by molar-refractivity contribution is -0.137. The molecule has 0 saturated carbocycles. The van der Waals surface area contributed by atoms with Gasteiger partial charge in [-0.2, -0.15) is 13.2 Å². The molecule has 0 atom stereocenters. The summed E-state index contributed by atoms with van der Waals surface area (Å²) in [5.41, 5.74) is 4.30. The summed E-state index contributed by atoms with van der Waals surface area (Å²) in [5, 5.41) is 3.15. The maximum Gasteiger partial charge on any atom is 0.416 e. The molecule has 202 valence electrons. The predicted octanol–water partition coefficient (Wildman–Crippen LogP) is 7.23. The van der Waals surface area contributed by atoms with Crippen molar-refractivity contribution >= 4 is 22.6 Å². The number of nitrogens with zero attached hydrogens (tertiary/aromatic N) is 2. The molecule has 0 unspecified atom stereocenters. The zero-order valence-electron chi connectivity index (χ0n) is 21.5. The molecule has 0 bridgehead atoms. The van der Waals surface area contributed by atoms with E-state index in [1.165, 1.54) is 17.8 Å². The van der Waals surface area contributed by atoms with Gasteiger partial charge in [-0.1, -0.05) is 36.9 Å². The first-order chi connectivity index (χ1) is 19.2. The van der Waals surface area contributed by atoms with Gasteiger partial charge in [-0.3, -0.25) is 4.79 Å². The third-order valence-corrected chi connectivity index (χ3v) is 6.56. The van der Waals surface area contributed by atoms with Crippen molar-refractivity contribution in [1.82, 2.24) is 15.0 Å². The molecule has 2 aromatic carbocycles. The molecule has 6 nitrogen and oxygen atoms in total. The Hall–Kier alpha value is -4.92. The number of carbonyl (C=O) groups is 1. The number of alkyl halides is 3. The van der Waals surface area contributed by atoms with Crippen LogP contribution in [0.1, 0.15) is 16.7 Å². The summed E-state index contributed by atoms with van der Waals surface area (Å²) in [6.07, 6.45) is 3.02. The SMILES string of the molecule is C=CC(=O)Nc1cc(-c2cnc3[nH]cc(-c4cc(OC)ncc4CCc4ccccc4)c3c2)cc(C(F)(F)F)c1. The van der Waals surface area contributed by atoms with Gasteiger partial charge in [-0.05, 0) is 65.4 Å². The van der Waals surface area contributed by atoms with Gasteiger partial charge in [0.15, 0.2) is 0 Å². The second kappa shape index (κ2) is 11.1. The fourth-order valence-electron chi connectivity index (χ4n) is 4.56. The highest BCUT2D eigenvalue weighted by Gasteiger charge is 2.31. The van der Waals surface area contributed by atoms with Crippen LogP contribution in [0.2, 0.25) is 0 Å². The Balaban J connectivity index is 1.59. The number of aryl methyl sites for hydroxylation is 2. The Morgan fingerprint density at radius 3 is 2.52 bits per heavy atom. The minimum absolute atomic E-state index is 0.00572. The molecule has 3 heterocycles. The van der Waals surface area contributed by atoms with E-state index in [9.17, 15) is 18.0 Å². The Morgan fingerprint density at radius 1 is 1.00 bits per heavy atom. The lowest BCUT2D eigenvalue weighted by atomic mass is 9.95. The van der Waals surface area contributed by atoms with Crippen LogP contribution in [0.15, 0.2) is 91.9 Å².